The van der Waals surface area contributed by atoms with Crippen LogP contribution < -0.4 is 15.4 Å². The highest BCUT2D eigenvalue weighted by atomic mass is 16.5. The number of guanidine groups is 1. The van der Waals surface area contributed by atoms with Crippen LogP contribution in [0.4, 0.5) is 0 Å². The Morgan fingerprint density at radius 3 is 2.33 bits per heavy atom. The lowest BCUT2D eigenvalue weighted by atomic mass is 10.2. The Balaban J connectivity index is 1.48. The predicted molar refractivity (Wildman–Crippen MR) is 114 cm³/mol. The molecule has 6 nitrogen and oxygen atoms in total. The van der Waals surface area contributed by atoms with Crippen molar-refractivity contribution >= 4 is 5.96 Å². The Hall–Kier alpha value is -1.79. The number of rotatable bonds is 10. The number of aryl methyl sites for hydroxylation is 1. The van der Waals surface area contributed by atoms with Gasteiger partial charge in [0, 0.05) is 39.8 Å². The number of hydrogen-bond donors (Lipinski definition) is 2. The quantitative estimate of drug-likeness (QED) is 0.372. The molecule has 152 valence electrons. The summed E-state index contributed by atoms with van der Waals surface area (Å²) in [5.74, 6) is 1.75. The minimum atomic E-state index is 0.619. The molecule has 0 unspecified atom stereocenters. The zero-order chi connectivity index (χ0) is 19.3. The maximum absolute atomic E-state index is 5.73. The van der Waals surface area contributed by atoms with Crippen molar-refractivity contribution in [2.45, 2.75) is 26.7 Å². The Kier molecular flexibility index (Phi) is 10.0. The molecule has 1 fully saturated rings. The number of piperazine rings is 1. The van der Waals surface area contributed by atoms with Crippen LogP contribution in [0.3, 0.4) is 0 Å². The first-order chi connectivity index (χ1) is 13.2. The van der Waals surface area contributed by atoms with Crippen LogP contribution in [0.15, 0.2) is 29.3 Å². The fourth-order valence-corrected chi connectivity index (χ4v) is 3.19. The lowest BCUT2D eigenvalue weighted by Crippen LogP contribution is -2.46. The SMILES string of the molecule is CCN1CCN(CCCCNC(=NC)NCCOc2ccc(C)cc2)CC1. The van der Waals surface area contributed by atoms with E-state index in [0.29, 0.717) is 6.61 Å². The van der Waals surface area contributed by atoms with Gasteiger partial charge in [-0.2, -0.15) is 0 Å². The molecular weight excluding hydrogens is 338 g/mol. The third kappa shape index (κ3) is 8.63. The van der Waals surface area contributed by atoms with Gasteiger partial charge in [0.2, 0.25) is 0 Å². The van der Waals surface area contributed by atoms with Crippen molar-refractivity contribution in [3.63, 3.8) is 0 Å². The van der Waals surface area contributed by atoms with Crippen LogP contribution in [-0.4, -0.2) is 81.8 Å². The minimum Gasteiger partial charge on any atom is -0.492 e. The standard InChI is InChI=1S/C21H37N5O/c1-4-25-14-16-26(17-15-25)13-6-5-11-23-21(22-3)24-12-18-27-20-9-7-19(2)8-10-20/h7-10H,4-6,11-18H2,1-3H3,(H2,22,23,24). The summed E-state index contributed by atoms with van der Waals surface area (Å²) in [4.78, 5) is 9.38. The fourth-order valence-electron chi connectivity index (χ4n) is 3.19. The zero-order valence-electron chi connectivity index (χ0n) is 17.3. The van der Waals surface area contributed by atoms with Crippen LogP contribution in [0.1, 0.15) is 25.3 Å². The van der Waals surface area contributed by atoms with E-state index in [4.69, 9.17) is 4.74 Å². The molecular formula is C21H37N5O. The van der Waals surface area contributed by atoms with Gasteiger partial charge in [0.05, 0.1) is 6.54 Å². The molecule has 0 bridgehead atoms. The molecule has 6 heteroatoms. The Bertz CT molecular complexity index is 538. The molecule has 0 radical (unpaired) electrons. The molecule has 1 heterocycles. The lowest BCUT2D eigenvalue weighted by Gasteiger charge is -2.34. The van der Waals surface area contributed by atoms with Crippen molar-refractivity contribution in [2.24, 2.45) is 4.99 Å². The molecule has 0 spiro atoms. The van der Waals surface area contributed by atoms with Crippen molar-refractivity contribution in [1.82, 2.24) is 20.4 Å². The number of ether oxygens (including phenoxy) is 1. The lowest BCUT2D eigenvalue weighted by molar-refractivity contribution is 0.136. The van der Waals surface area contributed by atoms with Gasteiger partial charge in [-0.25, -0.2) is 0 Å². The molecule has 1 saturated heterocycles. The van der Waals surface area contributed by atoms with Crippen LogP contribution in [-0.2, 0) is 0 Å². The Labute approximate surface area is 165 Å². The summed E-state index contributed by atoms with van der Waals surface area (Å²) in [5.41, 5.74) is 1.24. The molecule has 2 rings (SSSR count). The van der Waals surface area contributed by atoms with Crippen molar-refractivity contribution in [3.05, 3.63) is 29.8 Å². The van der Waals surface area contributed by atoms with Gasteiger partial charge < -0.3 is 25.2 Å². The van der Waals surface area contributed by atoms with E-state index in [1.165, 1.54) is 51.3 Å². The first-order valence-electron chi connectivity index (χ1n) is 10.3. The van der Waals surface area contributed by atoms with Crippen molar-refractivity contribution < 1.29 is 4.74 Å². The third-order valence-corrected chi connectivity index (χ3v) is 5.01. The topological polar surface area (TPSA) is 52.1 Å². The molecule has 0 amide bonds. The predicted octanol–water partition coefficient (Wildman–Crippen LogP) is 1.96. The number of nitrogens with zero attached hydrogens (tertiary/aromatic N) is 3. The van der Waals surface area contributed by atoms with Crippen LogP contribution in [0.5, 0.6) is 5.75 Å². The highest BCUT2D eigenvalue weighted by Crippen LogP contribution is 2.10. The average molecular weight is 376 g/mol. The van der Waals surface area contributed by atoms with Crippen LogP contribution >= 0.6 is 0 Å². The van der Waals surface area contributed by atoms with Gasteiger partial charge in [0.1, 0.15) is 12.4 Å². The van der Waals surface area contributed by atoms with E-state index < -0.39 is 0 Å². The summed E-state index contributed by atoms with van der Waals surface area (Å²) in [6.07, 6.45) is 2.39. The second-order valence-electron chi connectivity index (χ2n) is 7.07. The second kappa shape index (κ2) is 12.6. The van der Waals surface area contributed by atoms with Gasteiger partial charge in [0.25, 0.3) is 0 Å². The summed E-state index contributed by atoms with van der Waals surface area (Å²) in [7, 11) is 1.81. The maximum atomic E-state index is 5.73. The molecule has 0 saturated carbocycles. The largest absolute Gasteiger partial charge is 0.492 e. The molecule has 1 aliphatic rings. The summed E-state index contributed by atoms with van der Waals surface area (Å²) >= 11 is 0. The van der Waals surface area contributed by atoms with Gasteiger partial charge in [-0.05, 0) is 45.0 Å². The second-order valence-corrected chi connectivity index (χ2v) is 7.07. The van der Waals surface area contributed by atoms with E-state index in [2.05, 4.69) is 51.4 Å². The highest BCUT2D eigenvalue weighted by molar-refractivity contribution is 5.79. The highest BCUT2D eigenvalue weighted by Gasteiger charge is 2.14. The Morgan fingerprint density at radius 1 is 1.00 bits per heavy atom. The van der Waals surface area contributed by atoms with E-state index in [1.807, 2.05) is 19.2 Å². The molecule has 1 aliphatic heterocycles. The molecule has 1 aromatic carbocycles. The summed E-state index contributed by atoms with van der Waals surface area (Å²) in [5, 5.41) is 6.69. The van der Waals surface area contributed by atoms with Crippen molar-refractivity contribution in [1.29, 1.82) is 0 Å². The number of benzene rings is 1. The third-order valence-electron chi connectivity index (χ3n) is 5.01. The number of aliphatic imine (C=N–C) groups is 1. The minimum absolute atomic E-state index is 0.619. The number of hydrogen-bond acceptors (Lipinski definition) is 4. The van der Waals surface area contributed by atoms with Crippen molar-refractivity contribution in [3.8, 4) is 5.75 Å². The van der Waals surface area contributed by atoms with E-state index in [-0.39, 0.29) is 0 Å². The van der Waals surface area contributed by atoms with Crippen LogP contribution in [0, 0.1) is 6.92 Å². The monoisotopic (exact) mass is 375 g/mol. The van der Waals surface area contributed by atoms with Gasteiger partial charge in [-0.3, -0.25) is 4.99 Å². The molecule has 1 aromatic rings. The molecule has 0 aliphatic carbocycles. The average Bonchev–Trinajstić information content (AvgIpc) is 2.71. The van der Waals surface area contributed by atoms with Gasteiger partial charge in [0.15, 0.2) is 5.96 Å². The van der Waals surface area contributed by atoms with E-state index >= 15 is 0 Å². The normalized spacial score (nSPS) is 16.3. The first kappa shape index (κ1) is 21.5. The molecule has 0 aromatic heterocycles. The van der Waals surface area contributed by atoms with Crippen LogP contribution in [0.2, 0.25) is 0 Å². The van der Waals surface area contributed by atoms with Gasteiger partial charge in [-0.15, -0.1) is 0 Å². The van der Waals surface area contributed by atoms with E-state index in [9.17, 15) is 0 Å². The first-order valence-corrected chi connectivity index (χ1v) is 10.3. The maximum Gasteiger partial charge on any atom is 0.191 e. The van der Waals surface area contributed by atoms with Crippen LogP contribution in [0.25, 0.3) is 0 Å². The van der Waals surface area contributed by atoms with Gasteiger partial charge >= 0.3 is 0 Å². The van der Waals surface area contributed by atoms with E-state index in [1.54, 1.807) is 0 Å². The smallest absolute Gasteiger partial charge is 0.191 e. The van der Waals surface area contributed by atoms with E-state index in [0.717, 1.165) is 31.2 Å². The summed E-state index contributed by atoms with van der Waals surface area (Å²) in [6.45, 7) is 13.9. The Morgan fingerprint density at radius 2 is 1.67 bits per heavy atom. The molecule has 0 atom stereocenters. The molecule has 2 N–H and O–H groups in total. The van der Waals surface area contributed by atoms with Gasteiger partial charge in [-0.1, -0.05) is 24.6 Å². The number of nitrogens with one attached hydrogen (secondary N) is 2. The fraction of sp³-hybridized carbons (Fsp3) is 0.667. The molecule has 27 heavy (non-hydrogen) atoms. The number of unbranched alkanes of at least 4 members (excludes halogenated alkanes) is 1. The zero-order valence-corrected chi connectivity index (χ0v) is 17.3. The number of likely N-dealkylation sites (N-methyl/N-ethyl adjacent to an activating group) is 1. The van der Waals surface area contributed by atoms with Crippen molar-refractivity contribution in [2.75, 3.05) is 66.0 Å². The summed E-state index contributed by atoms with van der Waals surface area (Å²) < 4.78 is 5.73. The summed E-state index contributed by atoms with van der Waals surface area (Å²) in [6, 6.07) is 8.13.